The molecule has 0 aliphatic carbocycles. The van der Waals surface area contributed by atoms with Gasteiger partial charge in [-0.05, 0) is 29.6 Å². The Morgan fingerprint density at radius 2 is 2.21 bits per heavy atom. The van der Waals surface area contributed by atoms with Crippen molar-refractivity contribution < 1.29 is 9.53 Å². The van der Waals surface area contributed by atoms with Crippen molar-refractivity contribution in [3.8, 4) is 0 Å². The lowest BCUT2D eigenvalue weighted by molar-refractivity contribution is 0.0486. The minimum absolute atomic E-state index is 0.0606. The summed E-state index contributed by atoms with van der Waals surface area (Å²) in [5.41, 5.74) is 1.55. The van der Waals surface area contributed by atoms with E-state index in [-0.39, 0.29) is 18.8 Å². The molecule has 24 heavy (non-hydrogen) atoms. The van der Waals surface area contributed by atoms with E-state index in [4.69, 9.17) is 4.74 Å². The molecule has 0 atom stereocenters. The van der Waals surface area contributed by atoms with Crippen LogP contribution >= 0.6 is 11.3 Å². The molecule has 0 radical (unpaired) electrons. The minimum atomic E-state index is -0.463. The first-order chi connectivity index (χ1) is 11.7. The molecule has 0 N–H and O–H groups in total. The Morgan fingerprint density at radius 1 is 1.29 bits per heavy atom. The fourth-order valence-electron chi connectivity index (χ4n) is 2.38. The summed E-state index contributed by atoms with van der Waals surface area (Å²) in [6.45, 7) is 0.256. The number of nitrogens with zero attached hydrogens (tertiary/aromatic N) is 4. The average Bonchev–Trinajstić information content (AvgIpc) is 3.19. The zero-order valence-electron chi connectivity index (χ0n) is 12.5. The molecular formula is C16H12N4O3S. The van der Waals surface area contributed by atoms with Crippen molar-refractivity contribution in [2.24, 2.45) is 0 Å². The van der Waals surface area contributed by atoms with Crippen LogP contribution in [0.3, 0.4) is 0 Å². The zero-order valence-corrected chi connectivity index (χ0v) is 13.3. The lowest BCUT2D eigenvalue weighted by Gasteiger charge is -2.04. The van der Waals surface area contributed by atoms with Gasteiger partial charge in [0.25, 0.3) is 0 Å². The predicted octanol–water partition coefficient (Wildman–Crippen LogP) is 1.96. The van der Waals surface area contributed by atoms with Crippen molar-refractivity contribution in [3.05, 3.63) is 64.2 Å². The van der Waals surface area contributed by atoms with Crippen LogP contribution in [-0.2, 0) is 11.3 Å². The zero-order chi connectivity index (χ0) is 16.5. The van der Waals surface area contributed by atoms with Crippen LogP contribution in [0.25, 0.3) is 15.9 Å². The summed E-state index contributed by atoms with van der Waals surface area (Å²) in [7, 11) is 0. The maximum atomic E-state index is 12.1. The number of thiophene rings is 1. The SMILES string of the molecule is O=C(OCCn1nc2ccccn2c1=O)c1cnc2ccsc2c1. The highest BCUT2D eigenvalue weighted by Gasteiger charge is 2.11. The van der Waals surface area contributed by atoms with Crippen molar-refractivity contribution in [1.29, 1.82) is 0 Å². The van der Waals surface area contributed by atoms with Crippen molar-refractivity contribution in [3.63, 3.8) is 0 Å². The van der Waals surface area contributed by atoms with E-state index in [1.807, 2.05) is 11.4 Å². The summed E-state index contributed by atoms with van der Waals surface area (Å²) in [5, 5.41) is 6.10. The molecule has 120 valence electrons. The van der Waals surface area contributed by atoms with Crippen molar-refractivity contribution in [1.82, 2.24) is 19.2 Å². The average molecular weight is 340 g/mol. The van der Waals surface area contributed by atoms with Gasteiger partial charge in [0.1, 0.15) is 6.61 Å². The molecule has 0 aromatic carbocycles. The Labute approximate surface area is 139 Å². The van der Waals surface area contributed by atoms with Crippen LogP contribution in [0, 0.1) is 0 Å². The van der Waals surface area contributed by atoms with Gasteiger partial charge >= 0.3 is 11.7 Å². The normalized spacial score (nSPS) is 11.2. The first-order valence-electron chi connectivity index (χ1n) is 7.27. The third kappa shape index (κ3) is 2.56. The minimum Gasteiger partial charge on any atom is -0.460 e. The number of aromatic nitrogens is 4. The van der Waals surface area contributed by atoms with Crippen LogP contribution in [0.15, 0.2) is 52.9 Å². The number of esters is 1. The molecule has 0 aliphatic rings. The molecule has 0 spiro atoms. The van der Waals surface area contributed by atoms with Gasteiger partial charge in [0, 0.05) is 12.4 Å². The second kappa shape index (κ2) is 5.89. The van der Waals surface area contributed by atoms with Crippen molar-refractivity contribution in [2.75, 3.05) is 6.61 Å². The number of carbonyl (C=O) groups is 1. The number of hydrogen-bond donors (Lipinski definition) is 0. The first-order valence-corrected chi connectivity index (χ1v) is 8.15. The monoisotopic (exact) mass is 340 g/mol. The summed E-state index contributed by atoms with van der Waals surface area (Å²) in [4.78, 5) is 28.4. The largest absolute Gasteiger partial charge is 0.460 e. The van der Waals surface area contributed by atoms with Gasteiger partial charge in [0.2, 0.25) is 0 Å². The van der Waals surface area contributed by atoms with E-state index >= 15 is 0 Å². The number of rotatable bonds is 4. The molecule has 8 heteroatoms. The van der Waals surface area contributed by atoms with E-state index in [1.165, 1.54) is 26.6 Å². The molecule has 0 fully saturated rings. The van der Waals surface area contributed by atoms with Crippen LogP contribution in [0.2, 0.25) is 0 Å². The third-order valence-corrected chi connectivity index (χ3v) is 4.42. The molecule has 7 nitrogen and oxygen atoms in total. The Bertz CT molecular complexity index is 1100. The summed E-state index contributed by atoms with van der Waals surface area (Å²) in [5.74, 6) is -0.463. The van der Waals surface area contributed by atoms with Crippen molar-refractivity contribution >= 4 is 33.2 Å². The molecule has 0 saturated carbocycles. The lowest BCUT2D eigenvalue weighted by atomic mass is 10.3. The van der Waals surface area contributed by atoms with Gasteiger partial charge in [-0.2, -0.15) is 0 Å². The molecule has 4 aromatic rings. The van der Waals surface area contributed by atoms with E-state index in [0.717, 1.165) is 10.2 Å². The number of pyridine rings is 2. The fourth-order valence-corrected chi connectivity index (χ4v) is 3.16. The first kappa shape index (κ1) is 14.6. The molecule has 4 rings (SSSR count). The number of fused-ring (bicyclic) bond motifs is 2. The van der Waals surface area contributed by atoms with Crippen LogP contribution in [-0.4, -0.2) is 31.7 Å². The maximum absolute atomic E-state index is 12.1. The van der Waals surface area contributed by atoms with E-state index in [1.54, 1.807) is 30.5 Å². The van der Waals surface area contributed by atoms with E-state index in [9.17, 15) is 9.59 Å². The Kier molecular flexibility index (Phi) is 3.58. The highest BCUT2D eigenvalue weighted by molar-refractivity contribution is 7.17. The number of carbonyl (C=O) groups excluding carboxylic acids is 1. The molecular weight excluding hydrogens is 328 g/mol. The van der Waals surface area contributed by atoms with Crippen LogP contribution < -0.4 is 5.69 Å². The predicted molar refractivity (Wildman–Crippen MR) is 89.4 cm³/mol. The molecule has 0 amide bonds. The van der Waals surface area contributed by atoms with Crippen LogP contribution in [0.1, 0.15) is 10.4 Å². The fraction of sp³-hybridized carbons (Fsp3) is 0.125. The molecule has 4 heterocycles. The number of hydrogen-bond acceptors (Lipinski definition) is 6. The van der Waals surface area contributed by atoms with Gasteiger partial charge in [-0.1, -0.05) is 6.07 Å². The van der Waals surface area contributed by atoms with Gasteiger partial charge in [-0.15, -0.1) is 16.4 Å². The molecule has 4 aromatic heterocycles. The Morgan fingerprint density at radius 3 is 3.08 bits per heavy atom. The maximum Gasteiger partial charge on any atom is 0.350 e. The van der Waals surface area contributed by atoms with Gasteiger partial charge in [-0.25, -0.2) is 14.3 Å². The van der Waals surface area contributed by atoms with Crippen LogP contribution in [0.4, 0.5) is 0 Å². The summed E-state index contributed by atoms with van der Waals surface area (Å²) < 4.78 is 8.88. The topological polar surface area (TPSA) is 78.5 Å². The molecule has 0 unspecified atom stereocenters. The van der Waals surface area contributed by atoms with Gasteiger partial charge in [0.05, 0.1) is 22.3 Å². The smallest absolute Gasteiger partial charge is 0.350 e. The Balaban J connectivity index is 1.45. The lowest BCUT2D eigenvalue weighted by Crippen LogP contribution is -2.24. The molecule has 0 aliphatic heterocycles. The van der Waals surface area contributed by atoms with E-state index in [2.05, 4.69) is 10.1 Å². The quantitative estimate of drug-likeness (QED) is 0.531. The van der Waals surface area contributed by atoms with Gasteiger partial charge in [0.15, 0.2) is 5.65 Å². The summed E-state index contributed by atoms with van der Waals surface area (Å²) >= 11 is 1.52. The number of ether oxygens (including phenoxy) is 1. The van der Waals surface area contributed by atoms with E-state index in [0.29, 0.717) is 11.2 Å². The highest BCUT2D eigenvalue weighted by Crippen LogP contribution is 2.19. The van der Waals surface area contributed by atoms with Gasteiger partial charge < -0.3 is 4.74 Å². The second-order valence-electron chi connectivity index (χ2n) is 5.10. The van der Waals surface area contributed by atoms with Gasteiger partial charge in [-0.3, -0.25) is 9.38 Å². The van der Waals surface area contributed by atoms with Crippen molar-refractivity contribution in [2.45, 2.75) is 6.54 Å². The second-order valence-corrected chi connectivity index (χ2v) is 6.05. The molecule has 0 bridgehead atoms. The summed E-state index contributed by atoms with van der Waals surface area (Å²) in [6, 6.07) is 8.96. The summed E-state index contributed by atoms with van der Waals surface area (Å²) in [6.07, 6.45) is 3.14. The standard InChI is InChI=1S/C16H12N4O3S/c21-15(11-9-13-12(17-10-11)4-8-24-13)23-7-6-20-16(22)19-5-2-1-3-14(19)18-20/h1-5,8-10H,6-7H2. The van der Waals surface area contributed by atoms with Crippen LogP contribution in [0.5, 0.6) is 0 Å². The molecule has 0 saturated heterocycles. The van der Waals surface area contributed by atoms with E-state index < -0.39 is 5.97 Å². The Hall–Kier alpha value is -3.00. The third-order valence-electron chi connectivity index (χ3n) is 3.56. The highest BCUT2D eigenvalue weighted by atomic mass is 32.1.